The first kappa shape index (κ1) is 23.5. The number of carbonyl (C=O) groups is 2. The largest absolute Gasteiger partial charge is 0.333 e. The van der Waals surface area contributed by atoms with Crippen molar-refractivity contribution < 1.29 is 14.0 Å². The van der Waals surface area contributed by atoms with Crippen molar-refractivity contribution in [3.8, 4) is 0 Å². The van der Waals surface area contributed by atoms with Crippen LogP contribution in [0.5, 0.6) is 0 Å². The van der Waals surface area contributed by atoms with Crippen LogP contribution < -0.4 is 10.2 Å². The number of anilines is 1. The van der Waals surface area contributed by atoms with Crippen LogP contribution in [0.25, 0.3) is 0 Å². The molecule has 34 heavy (non-hydrogen) atoms. The van der Waals surface area contributed by atoms with Gasteiger partial charge in [0.05, 0.1) is 18.8 Å². The Morgan fingerprint density at radius 3 is 2.41 bits per heavy atom. The third-order valence-electron chi connectivity index (χ3n) is 5.81. The first-order valence-electron chi connectivity index (χ1n) is 11.4. The van der Waals surface area contributed by atoms with Crippen LogP contribution in [0.4, 0.5) is 14.9 Å². The molecule has 0 radical (unpaired) electrons. The van der Waals surface area contributed by atoms with Crippen LogP contribution in [0.1, 0.15) is 48.1 Å². The first-order valence-corrected chi connectivity index (χ1v) is 11.4. The number of aryl methyl sites for hydroxylation is 1. The Hall–Kier alpha value is -3.68. The highest BCUT2D eigenvalue weighted by molar-refractivity contribution is 6.06. The molecule has 0 unspecified atom stereocenters. The molecule has 1 aliphatic rings. The lowest BCUT2D eigenvalue weighted by molar-refractivity contribution is 0.0984. The Kier molecular flexibility index (Phi) is 6.41. The van der Waals surface area contributed by atoms with Gasteiger partial charge in [-0.1, -0.05) is 18.2 Å². The number of halogens is 1. The molecule has 4 rings (SSSR count). The summed E-state index contributed by atoms with van der Waals surface area (Å²) in [6.45, 7) is 7.12. The summed E-state index contributed by atoms with van der Waals surface area (Å²) >= 11 is 0. The molecule has 7 nitrogen and oxygen atoms in total. The van der Waals surface area contributed by atoms with Gasteiger partial charge in [-0.3, -0.25) is 9.48 Å². The molecule has 3 aromatic rings. The molecule has 0 saturated heterocycles. The molecule has 0 bridgehead atoms. The standard InChI is InChI=1S/C26H30FN5O2/c1-26(2,3)28-25(34)31-15-14-23-21(16-31)22(29-30(23)4)17-32(20-8-6-5-7-9-20)24(33)18-10-12-19(27)13-11-18/h5-13H,14-17H2,1-4H3,(H,28,34). The van der Waals surface area contributed by atoms with E-state index in [2.05, 4.69) is 5.32 Å². The number of para-hydroxylation sites is 1. The second-order valence-corrected chi connectivity index (χ2v) is 9.58. The monoisotopic (exact) mass is 463 g/mol. The van der Waals surface area contributed by atoms with Gasteiger partial charge >= 0.3 is 6.03 Å². The maximum atomic E-state index is 13.5. The van der Waals surface area contributed by atoms with E-state index in [4.69, 9.17) is 5.10 Å². The number of nitrogens with one attached hydrogen (secondary N) is 1. The highest BCUT2D eigenvalue weighted by Gasteiger charge is 2.30. The number of urea groups is 1. The summed E-state index contributed by atoms with van der Waals surface area (Å²) in [6.07, 6.45) is 0.688. The lowest BCUT2D eigenvalue weighted by atomic mass is 10.0. The molecule has 1 aromatic heterocycles. The molecule has 1 N–H and O–H groups in total. The summed E-state index contributed by atoms with van der Waals surface area (Å²) in [7, 11) is 1.89. The number of carbonyl (C=O) groups excluding carboxylic acids is 2. The Labute approximate surface area is 199 Å². The van der Waals surface area contributed by atoms with Crippen molar-refractivity contribution in [2.45, 2.75) is 45.8 Å². The lowest BCUT2D eigenvalue weighted by Gasteiger charge is -2.31. The van der Waals surface area contributed by atoms with E-state index in [1.54, 1.807) is 9.80 Å². The van der Waals surface area contributed by atoms with Gasteiger partial charge in [-0.05, 0) is 57.2 Å². The van der Waals surface area contributed by atoms with Gasteiger partial charge in [-0.2, -0.15) is 5.10 Å². The molecule has 0 spiro atoms. The zero-order valence-electron chi connectivity index (χ0n) is 20.0. The minimum Gasteiger partial charge on any atom is -0.333 e. The molecular formula is C26H30FN5O2. The second-order valence-electron chi connectivity index (χ2n) is 9.58. The first-order chi connectivity index (χ1) is 16.1. The zero-order chi connectivity index (χ0) is 24.5. The smallest absolute Gasteiger partial charge is 0.318 e. The molecule has 0 atom stereocenters. The molecule has 0 aliphatic carbocycles. The quantitative estimate of drug-likeness (QED) is 0.628. The summed E-state index contributed by atoms with van der Waals surface area (Å²) in [5.74, 6) is -0.640. The van der Waals surface area contributed by atoms with Crippen LogP contribution in [0.2, 0.25) is 0 Å². The minimum atomic E-state index is -0.393. The molecular weight excluding hydrogens is 433 g/mol. The number of rotatable bonds is 4. The van der Waals surface area contributed by atoms with Gasteiger partial charge in [0.2, 0.25) is 0 Å². The fraction of sp³-hybridized carbons (Fsp3) is 0.346. The summed E-state index contributed by atoms with van der Waals surface area (Å²) in [6, 6.07) is 14.8. The fourth-order valence-electron chi connectivity index (χ4n) is 4.16. The van der Waals surface area contributed by atoms with Crippen LogP contribution in [0.3, 0.4) is 0 Å². The van der Waals surface area contributed by atoms with Gasteiger partial charge in [0.15, 0.2) is 0 Å². The van der Waals surface area contributed by atoms with Crippen LogP contribution >= 0.6 is 0 Å². The zero-order valence-corrected chi connectivity index (χ0v) is 20.0. The SMILES string of the molecule is Cn1nc(CN(C(=O)c2ccc(F)cc2)c2ccccc2)c2c1CCN(C(=O)NC(C)(C)C)C2. The van der Waals surface area contributed by atoms with E-state index >= 15 is 0 Å². The van der Waals surface area contributed by atoms with E-state index in [1.165, 1.54) is 24.3 Å². The van der Waals surface area contributed by atoms with Crippen molar-refractivity contribution in [1.29, 1.82) is 0 Å². The van der Waals surface area contributed by atoms with Crippen LogP contribution in [-0.4, -0.2) is 38.7 Å². The van der Waals surface area contributed by atoms with Crippen molar-refractivity contribution in [3.63, 3.8) is 0 Å². The van der Waals surface area contributed by atoms with E-state index in [1.807, 2.05) is 62.8 Å². The predicted octanol–water partition coefficient (Wildman–Crippen LogP) is 4.27. The highest BCUT2D eigenvalue weighted by Crippen LogP contribution is 2.26. The van der Waals surface area contributed by atoms with E-state index in [9.17, 15) is 14.0 Å². The molecule has 0 saturated carbocycles. The van der Waals surface area contributed by atoms with E-state index in [-0.39, 0.29) is 24.0 Å². The van der Waals surface area contributed by atoms with Gasteiger partial charge in [0, 0.05) is 48.1 Å². The van der Waals surface area contributed by atoms with Gasteiger partial charge in [0.1, 0.15) is 5.82 Å². The molecule has 2 aromatic carbocycles. The number of benzene rings is 2. The third-order valence-corrected chi connectivity index (χ3v) is 5.81. The summed E-state index contributed by atoms with van der Waals surface area (Å²) in [4.78, 5) is 29.7. The molecule has 178 valence electrons. The lowest BCUT2D eigenvalue weighted by Crippen LogP contribution is -2.49. The number of nitrogens with zero attached hydrogens (tertiary/aromatic N) is 4. The summed E-state index contributed by atoms with van der Waals surface area (Å²) in [5, 5.41) is 7.74. The van der Waals surface area contributed by atoms with Crippen LogP contribution in [0, 0.1) is 5.82 Å². The second kappa shape index (κ2) is 9.29. The fourth-order valence-corrected chi connectivity index (χ4v) is 4.16. The predicted molar refractivity (Wildman–Crippen MR) is 129 cm³/mol. The Balaban J connectivity index is 1.65. The summed E-state index contributed by atoms with van der Waals surface area (Å²) < 4.78 is 15.3. The number of aromatic nitrogens is 2. The normalized spacial score (nSPS) is 13.4. The number of hydrogen-bond acceptors (Lipinski definition) is 3. The molecule has 3 amide bonds. The van der Waals surface area contributed by atoms with Crippen LogP contribution in [0.15, 0.2) is 54.6 Å². The molecule has 1 aliphatic heterocycles. The van der Waals surface area contributed by atoms with Crippen molar-refractivity contribution in [2.75, 3.05) is 11.4 Å². The van der Waals surface area contributed by atoms with E-state index in [0.29, 0.717) is 25.1 Å². The average Bonchev–Trinajstić information content (AvgIpc) is 3.11. The van der Waals surface area contributed by atoms with Crippen molar-refractivity contribution in [2.24, 2.45) is 7.05 Å². The van der Waals surface area contributed by atoms with E-state index in [0.717, 1.165) is 22.6 Å². The van der Waals surface area contributed by atoms with Crippen LogP contribution in [-0.2, 0) is 26.6 Å². The number of fused-ring (bicyclic) bond motifs is 1. The van der Waals surface area contributed by atoms with Gasteiger partial charge in [-0.25, -0.2) is 9.18 Å². The van der Waals surface area contributed by atoms with Gasteiger partial charge < -0.3 is 15.1 Å². The number of amides is 3. The van der Waals surface area contributed by atoms with Gasteiger partial charge in [0.25, 0.3) is 5.91 Å². The minimum absolute atomic E-state index is 0.116. The molecule has 8 heteroatoms. The summed E-state index contributed by atoms with van der Waals surface area (Å²) in [5.41, 5.74) is 3.55. The molecule has 0 fully saturated rings. The van der Waals surface area contributed by atoms with Crippen molar-refractivity contribution in [3.05, 3.63) is 82.9 Å². The topological polar surface area (TPSA) is 70.5 Å². The molecule has 2 heterocycles. The number of hydrogen-bond donors (Lipinski definition) is 1. The highest BCUT2D eigenvalue weighted by atomic mass is 19.1. The average molecular weight is 464 g/mol. The van der Waals surface area contributed by atoms with Gasteiger partial charge in [-0.15, -0.1) is 0 Å². The van der Waals surface area contributed by atoms with Crippen molar-refractivity contribution in [1.82, 2.24) is 20.0 Å². The Morgan fingerprint density at radius 2 is 1.76 bits per heavy atom. The Bertz CT molecular complexity index is 1180. The maximum Gasteiger partial charge on any atom is 0.318 e. The van der Waals surface area contributed by atoms with Crippen molar-refractivity contribution >= 4 is 17.6 Å². The maximum absolute atomic E-state index is 13.5. The third kappa shape index (κ3) is 5.11. The van der Waals surface area contributed by atoms with E-state index < -0.39 is 5.82 Å². The Morgan fingerprint density at radius 1 is 1.09 bits per heavy atom.